The van der Waals surface area contributed by atoms with Crippen molar-refractivity contribution < 1.29 is 4.79 Å². The molecule has 3 aromatic rings. The van der Waals surface area contributed by atoms with Gasteiger partial charge in [-0.15, -0.1) is 10.2 Å². The van der Waals surface area contributed by atoms with Gasteiger partial charge in [0, 0.05) is 17.4 Å². The Labute approximate surface area is 161 Å². The Morgan fingerprint density at radius 1 is 1.08 bits per heavy atom. The van der Waals surface area contributed by atoms with E-state index in [0.717, 1.165) is 20.8 Å². The maximum Gasteiger partial charge on any atom is 0.237 e. The molecule has 0 aliphatic heterocycles. The first-order valence-corrected chi connectivity index (χ1v) is 10.1. The van der Waals surface area contributed by atoms with Crippen molar-refractivity contribution in [1.29, 1.82) is 0 Å². The molecule has 0 aliphatic carbocycles. The molecule has 0 bridgehead atoms. The van der Waals surface area contributed by atoms with Crippen LogP contribution in [0.15, 0.2) is 65.0 Å². The van der Waals surface area contributed by atoms with Crippen LogP contribution in [0.5, 0.6) is 0 Å². The van der Waals surface area contributed by atoms with Crippen LogP contribution in [0.1, 0.15) is 13.8 Å². The molecule has 0 aliphatic rings. The van der Waals surface area contributed by atoms with E-state index in [0.29, 0.717) is 5.75 Å². The lowest BCUT2D eigenvalue weighted by molar-refractivity contribution is -0.116. The summed E-state index contributed by atoms with van der Waals surface area (Å²) in [6.07, 6.45) is 0. The zero-order valence-corrected chi connectivity index (χ0v) is 16.3. The van der Waals surface area contributed by atoms with Crippen LogP contribution in [0.25, 0.3) is 0 Å². The van der Waals surface area contributed by atoms with Crippen molar-refractivity contribution in [2.75, 3.05) is 16.0 Å². The minimum absolute atomic E-state index is 0.0592. The summed E-state index contributed by atoms with van der Waals surface area (Å²) in [5.41, 5.74) is 1.88. The number of para-hydroxylation sites is 2. The zero-order valence-electron chi connectivity index (χ0n) is 14.6. The maximum atomic E-state index is 12.7. The van der Waals surface area contributed by atoms with E-state index in [1.165, 1.54) is 23.1 Å². The fourth-order valence-electron chi connectivity index (χ4n) is 2.48. The molecular weight excluding hydrogens is 364 g/mol. The number of nitrogens with zero attached hydrogens (tertiary/aromatic N) is 3. The molecular formula is C19H20N4OS2. The van der Waals surface area contributed by atoms with Crippen LogP contribution in [-0.4, -0.2) is 27.9 Å². The largest absolute Gasteiger partial charge is 0.330 e. The molecule has 1 amide bonds. The lowest BCUT2D eigenvalue weighted by Crippen LogP contribution is -2.38. The Balaban J connectivity index is 1.60. The molecule has 7 heteroatoms. The third-order valence-electron chi connectivity index (χ3n) is 3.57. The molecule has 3 rings (SSSR count). The highest BCUT2D eigenvalue weighted by atomic mass is 32.2. The third-order valence-corrected chi connectivity index (χ3v) is 5.53. The van der Waals surface area contributed by atoms with Gasteiger partial charge in [0.15, 0.2) is 4.34 Å². The molecule has 5 nitrogen and oxygen atoms in total. The molecule has 0 spiro atoms. The molecule has 1 heterocycles. The number of thioether (sulfide) groups is 1. The van der Waals surface area contributed by atoms with Crippen molar-refractivity contribution in [3.63, 3.8) is 0 Å². The van der Waals surface area contributed by atoms with Crippen molar-refractivity contribution in [2.45, 2.75) is 24.2 Å². The number of amides is 1. The minimum Gasteiger partial charge on any atom is -0.330 e. The topological polar surface area (TPSA) is 58.1 Å². The average Bonchev–Trinajstić information content (AvgIpc) is 3.09. The second-order valence-corrected chi connectivity index (χ2v) is 8.05. The molecule has 0 saturated heterocycles. The van der Waals surface area contributed by atoms with E-state index < -0.39 is 0 Å². The number of carbonyl (C=O) groups excluding carboxylic acids is 1. The van der Waals surface area contributed by atoms with Gasteiger partial charge in [-0.1, -0.05) is 59.5 Å². The first-order valence-electron chi connectivity index (χ1n) is 8.29. The molecule has 0 saturated carbocycles. The summed E-state index contributed by atoms with van der Waals surface area (Å²) in [6, 6.07) is 19.7. The smallest absolute Gasteiger partial charge is 0.237 e. The second-order valence-electron chi connectivity index (χ2n) is 5.85. The summed E-state index contributed by atoms with van der Waals surface area (Å²) in [7, 11) is 0. The SMILES string of the molecule is CC(C)N(C(=O)CSc1nnc(Nc2ccccc2)s1)c1ccccc1. The van der Waals surface area contributed by atoms with Gasteiger partial charge < -0.3 is 10.2 Å². The Hall–Kier alpha value is -2.38. The highest BCUT2D eigenvalue weighted by molar-refractivity contribution is 8.01. The average molecular weight is 385 g/mol. The fraction of sp³-hybridized carbons (Fsp3) is 0.211. The number of hydrogen-bond donors (Lipinski definition) is 1. The van der Waals surface area contributed by atoms with Gasteiger partial charge in [0.25, 0.3) is 0 Å². The molecule has 2 aromatic carbocycles. The first-order chi connectivity index (χ1) is 12.6. The molecule has 0 fully saturated rings. The van der Waals surface area contributed by atoms with E-state index in [1.807, 2.05) is 79.4 Å². The Morgan fingerprint density at radius 3 is 2.38 bits per heavy atom. The van der Waals surface area contributed by atoms with E-state index in [-0.39, 0.29) is 11.9 Å². The standard InChI is InChI=1S/C19H20N4OS2/c1-14(2)23(16-11-7-4-8-12-16)17(24)13-25-19-22-21-18(26-19)20-15-9-5-3-6-10-15/h3-12,14H,13H2,1-2H3,(H,20,21). The van der Waals surface area contributed by atoms with Crippen LogP contribution in [0.4, 0.5) is 16.5 Å². The van der Waals surface area contributed by atoms with E-state index in [9.17, 15) is 4.79 Å². The van der Waals surface area contributed by atoms with Crippen molar-refractivity contribution in [1.82, 2.24) is 10.2 Å². The number of benzene rings is 2. The summed E-state index contributed by atoms with van der Waals surface area (Å²) in [5.74, 6) is 0.386. The highest BCUT2D eigenvalue weighted by Crippen LogP contribution is 2.28. The van der Waals surface area contributed by atoms with Gasteiger partial charge in [-0.2, -0.15) is 0 Å². The fourth-order valence-corrected chi connectivity index (χ4v) is 4.11. The van der Waals surface area contributed by atoms with Crippen LogP contribution in [0.3, 0.4) is 0 Å². The van der Waals surface area contributed by atoms with Gasteiger partial charge in [-0.05, 0) is 38.1 Å². The van der Waals surface area contributed by atoms with Gasteiger partial charge in [0.2, 0.25) is 11.0 Å². The van der Waals surface area contributed by atoms with Gasteiger partial charge in [0.1, 0.15) is 0 Å². The number of hydrogen-bond acceptors (Lipinski definition) is 6. The van der Waals surface area contributed by atoms with Gasteiger partial charge in [-0.25, -0.2) is 0 Å². The third kappa shape index (κ3) is 4.83. The molecule has 0 atom stereocenters. The highest BCUT2D eigenvalue weighted by Gasteiger charge is 2.19. The lowest BCUT2D eigenvalue weighted by atomic mass is 10.2. The van der Waals surface area contributed by atoms with Crippen LogP contribution in [0, 0.1) is 0 Å². The zero-order chi connectivity index (χ0) is 18.4. The van der Waals surface area contributed by atoms with Crippen molar-refractivity contribution >= 4 is 45.5 Å². The Morgan fingerprint density at radius 2 is 1.73 bits per heavy atom. The summed E-state index contributed by atoms with van der Waals surface area (Å²) in [5, 5.41) is 12.2. The summed E-state index contributed by atoms with van der Waals surface area (Å²) in [6.45, 7) is 4.03. The maximum absolute atomic E-state index is 12.7. The first kappa shape index (κ1) is 18.4. The van der Waals surface area contributed by atoms with Crippen molar-refractivity contribution in [2.24, 2.45) is 0 Å². The number of aromatic nitrogens is 2. The minimum atomic E-state index is 0.0592. The van der Waals surface area contributed by atoms with Gasteiger partial charge >= 0.3 is 0 Å². The molecule has 26 heavy (non-hydrogen) atoms. The summed E-state index contributed by atoms with van der Waals surface area (Å²) < 4.78 is 0.772. The molecule has 1 N–H and O–H groups in total. The van der Waals surface area contributed by atoms with Crippen molar-refractivity contribution in [3.8, 4) is 0 Å². The number of nitrogens with one attached hydrogen (secondary N) is 1. The molecule has 134 valence electrons. The van der Waals surface area contributed by atoms with E-state index in [1.54, 1.807) is 0 Å². The summed E-state index contributed by atoms with van der Waals surface area (Å²) >= 11 is 2.86. The second kappa shape index (κ2) is 8.82. The van der Waals surface area contributed by atoms with E-state index >= 15 is 0 Å². The Bertz CT molecular complexity index is 837. The normalized spacial score (nSPS) is 10.7. The van der Waals surface area contributed by atoms with Crippen LogP contribution in [0.2, 0.25) is 0 Å². The number of rotatable bonds is 7. The monoisotopic (exact) mass is 384 g/mol. The predicted octanol–water partition coefficient (Wildman–Crippen LogP) is 4.82. The van der Waals surface area contributed by atoms with Crippen LogP contribution < -0.4 is 10.2 Å². The van der Waals surface area contributed by atoms with Gasteiger partial charge in [-0.3, -0.25) is 4.79 Å². The van der Waals surface area contributed by atoms with Crippen LogP contribution >= 0.6 is 23.1 Å². The predicted molar refractivity (Wildman–Crippen MR) is 109 cm³/mol. The van der Waals surface area contributed by atoms with Crippen molar-refractivity contribution in [3.05, 3.63) is 60.7 Å². The van der Waals surface area contributed by atoms with E-state index in [4.69, 9.17) is 0 Å². The van der Waals surface area contributed by atoms with E-state index in [2.05, 4.69) is 15.5 Å². The lowest BCUT2D eigenvalue weighted by Gasteiger charge is -2.26. The molecule has 0 unspecified atom stereocenters. The van der Waals surface area contributed by atoms with Crippen LogP contribution in [-0.2, 0) is 4.79 Å². The Kier molecular flexibility index (Phi) is 6.25. The number of anilines is 3. The molecule has 1 aromatic heterocycles. The summed E-state index contributed by atoms with van der Waals surface area (Å²) in [4.78, 5) is 14.5. The van der Waals surface area contributed by atoms with Gasteiger partial charge in [0.05, 0.1) is 5.75 Å². The molecule has 0 radical (unpaired) electrons. The number of carbonyl (C=O) groups is 1. The quantitative estimate of drug-likeness (QED) is 0.592.